The van der Waals surface area contributed by atoms with Crippen LogP contribution in [-0.2, 0) is 6.54 Å². The first-order valence-corrected chi connectivity index (χ1v) is 5.13. The summed E-state index contributed by atoms with van der Waals surface area (Å²) in [5, 5.41) is 0. The lowest BCUT2D eigenvalue weighted by Crippen LogP contribution is -2.39. The lowest BCUT2D eigenvalue weighted by Gasteiger charge is -2.28. The zero-order valence-corrected chi connectivity index (χ0v) is 8.57. The van der Waals surface area contributed by atoms with Crippen molar-refractivity contribution in [3.8, 4) is 0 Å². The van der Waals surface area contributed by atoms with Crippen LogP contribution in [0.2, 0.25) is 0 Å². The molecule has 0 bridgehead atoms. The molecule has 78 valence electrons. The SMILES string of the molecule is Cc1cnc(CN2CCC(N)CC2)o1. The maximum Gasteiger partial charge on any atom is 0.208 e. The monoisotopic (exact) mass is 195 g/mol. The summed E-state index contributed by atoms with van der Waals surface area (Å²) in [6.07, 6.45) is 3.93. The van der Waals surface area contributed by atoms with Crippen molar-refractivity contribution in [2.45, 2.75) is 32.4 Å². The lowest BCUT2D eigenvalue weighted by atomic mass is 10.1. The molecule has 4 nitrogen and oxygen atoms in total. The molecule has 1 aliphatic heterocycles. The lowest BCUT2D eigenvalue weighted by molar-refractivity contribution is 0.188. The fourth-order valence-electron chi connectivity index (χ4n) is 1.78. The Morgan fingerprint density at radius 1 is 1.57 bits per heavy atom. The van der Waals surface area contributed by atoms with Gasteiger partial charge in [-0.3, -0.25) is 4.90 Å². The van der Waals surface area contributed by atoms with Crippen LogP contribution in [0.5, 0.6) is 0 Å². The summed E-state index contributed by atoms with van der Waals surface area (Å²) in [5.74, 6) is 1.70. The summed E-state index contributed by atoms with van der Waals surface area (Å²) in [6, 6.07) is 0.387. The van der Waals surface area contributed by atoms with E-state index in [1.165, 1.54) is 0 Å². The molecule has 0 saturated carbocycles. The average molecular weight is 195 g/mol. The number of hydrogen-bond donors (Lipinski definition) is 1. The minimum Gasteiger partial charge on any atom is -0.445 e. The van der Waals surface area contributed by atoms with Crippen LogP contribution in [0.15, 0.2) is 10.6 Å². The maximum absolute atomic E-state index is 5.83. The van der Waals surface area contributed by atoms with E-state index in [1.807, 2.05) is 6.92 Å². The molecule has 1 fully saturated rings. The van der Waals surface area contributed by atoms with E-state index in [2.05, 4.69) is 9.88 Å². The highest BCUT2D eigenvalue weighted by molar-refractivity contribution is 4.91. The molecule has 1 aromatic rings. The summed E-state index contributed by atoms with van der Waals surface area (Å²) >= 11 is 0. The van der Waals surface area contributed by atoms with Crippen LogP contribution in [0.1, 0.15) is 24.5 Å². The molecule has 1 aromatic heterocycles. The summed E-state index contributed by atoms with van der Waals surface area (Å²) < 4.78 is 5.43. The number of aryl methyl sites for hydroxylation is 1. The Hall–Kier alpha value is -0.870. The number of nitrogens with two attached hydrogens (primary N) is 1. The summed E-state index contributed by atoms with van der Waals surface area (Å²) in [4.78, 5) is 6.53. The quantitative estimate of drug-likeness (QED) is 0.762. The summed E-state index contributed by atoms with van der Waals surface area (Å²) in [6.45, 7) is 4.86. The number of rotatable bonds is 2. The second kappa shape index (κ2) is 4.11. The molecule has 0 radical (unpaired) electrons. The molecule has 14 heavy (non-hydrogen) atoms. The van der Waals surface area contributed by atoms with E-state index < -0.39 is 0 Å². The predicted octanol–water partition coefficient (Wildman–Crippen LogP) is 0.906. The van der Waals surface area contributed by atoms with E-state index in [1.54, 1.807) is 6.20 Å². The van der Waals surface area contributed by atoms with Crippen molar-refractivity contribution >= 4 is 0 Å². The molecule has 1 saturated heterocycles. The van der Waals surface area contributed by atoms with E-state index in [0.29, 0.717) is 6.04 Å². The molecule has 1 aliphatic rings. The number of hydrogen-bond acceptors (Lipinski definition) is 4. The Labute approximate surface area is 84.1 Å². The molecular weight excluding hydrogens is 178 g/mol. The highest BCUT2D eigenvalue weighted by atomic mass is 16.4. The Morgan fingerprint density at radius 2 is 2.29 bits per heavy atom. The minimum atomic E-state index is 0.387. The van der Waals surface area contributed by atoms with Gasteiger partial charge >= 0.3 is 0 Å². The molecule has 0 spiro atoms. The number of likely N-dealkylation sites (tertiary alicyclic amines) is 1. The highest BCUT2D eigenvalue weighted by Gasteiger charge is 2.17. The average Bonchev–Trinajstić information content (AvgIpc) is 2.56. The van der Waals surface area contributed by atoms with Crippen LogP contribution in [0, 0.1) is 6.92 Å². The van der Waals surface area contributed by atoms with Crippen molar-refractivity contribution < 1.29 is 4.42 Å². The number of piperidine rings is 1. The standard InChI is InChI=1S/C10H17N3O/c1-8-6-12-10(14-8)7-13-4-2-9(11)3-5-13/h6,9H,2-5,7,11H2,1H3. The summed E-state index contributed by atoms with van der Waals surface area (Å²) in [7, 11) is 0. The second-order valence-corrected chi connectivity index (χ2v) is 3.98. The fourth-order valence-corrected chi connectivity index (χ4v) is 1.78. The molecular formula is C10H17N3O. The van der Waals surface area contributed by atoms with Gasteiger partial charge in [0.15, 0.2) is 0 Å². The van der Waals surface area contributed by atoms with Gasteiger partial charge in [-0.1, -0.05) is 0 Å². The van der Waals surface area contributed by atoms with Crippen LogP contribution < -0.4 is 5.73 Å². The van der Waals surface area contributed by atoms with E-state index in [-0.39, 0.29) is 0 Å². The summed E-state index contributed by atoms with van der Waals surface area (Å²) in [5.41, 5.74) is 5.83. The molecule has 4 heteroatoms. The normalized spacial score (nSPS) is 20.1. The third-order valence-electron chi connectivity index (χ3n) is 2.66. The molecule has 0 atom stereocenters. The van der Waals surface area contributed by atoms with Crippen molar-refractivity contribution in [2.24, 2.45) is 5.73 Å². The molecule has 2 rings (SSSR count). The molecule has 0 amide bonds. The third-order valence-corrected chi connectivity index (χ3v) is 2.66. The Bertz CT molecular complexity index is 289. The highest BCUT2D eigenvalue weighted by Crippen LogP contribution is 2.12. The van der Waals surface area contributed by atoms with Crippen LogP contribution in [-0.4, -0.2) is 29.0 Å². The topological polar surface area (TPSA) is 55.3 Å². The minimum absolute atomic E-state index is 0.387. The Balaban J connectivity index is 1.86. The van der Waals surface area contributed by atoms with E-state index in [4.69, 9.17) is 10.2 Å². The van der Waals surface area contributed by atoms with Crippen LogP contribution in [0.3, 0.4) is 0 Å². The Kier molecular flexibility index (Phi) is 2.84. The van der Waals surface area contributed by atoms with Gasteiger partial charge in [-0.2, -0.15) is 0 Å². The second-order valence-electron chi connectivity index (χ2n) is 3.98. The van der Waals surface area contributed by atoms with Gasteiger partial charge in [0.2, 0.25) is 5.89 Å². The van der Waals surface area contributed by atoms with Crippen molar-refractivity contribution in [2.75, 3.05) is 13.1 Å². The Morgan fingerprint density at radius 3 is 2.86 bits per heavy atom. The maximum atomic E-state index is 5.83. The van der Waals surface area contributed by atoms with Gasteiger partial charge in [0.05, 0.1) is 12.7 Å². The first kappa shape index (κ1) is 9.68. The molecule has 0 unspecified atom stereocenters. The number of oxazole rings is 1. The molecule has 0 aromatic carbocycles. The van der Waals surface area contributed by atoms with Crippen molar-refractivity contribution in [1.29, 1.82) is 0 Å². The van der Waals surface area contributed by atoms with Crippen LogP contribution >= 0.6 is 0 Å². The third kappa shape index (κ3) is 2.33. The predicted molar refractivity (Wildman–Crippen MR) is 53.7 cm³/mol. The molecule has 2 heterocycles. The van der Waals surface area contributed by atoms with Crippen molar-refractivity contribution in [1.82, 2.24) is 9.88 Å². The first-order valence-electron chi connectivity index (χ1n) is 5.13. The van der Waals surface area contributed by atoms with Crippen molar-refractivity contribution in [3.05, 3.63) is 17.8 Å². The zero-order valence-electron chi connectivity index (χ0n) is 8.57. The van der Waals surface area contributed by atoms with Gasteiger partial charge in [-0.15, -0.1) is 0 Å². The molecule has 0 aliphatic carbocycles. The van der Waals surface area contributed by atoms with Gasteiger partial charge in [0, 0.05) is 19.1 Å². The van der Waals surface area contributed by atoms with Gasteiger partial charge in [0.1, 0.15) is 5.76 Å². The van der Waals surface area contributed by atoms with Crippen molar-refractivity contribution in [3.63, 3.8) is 0 Å². The van der Waals surface area contributed by atoms with Gasteiger partial charge < -0.3 is 10.2 Å². The largest absolute Gasteiger partial charge is 0.445 e. The molecule has 2 N–H and O–H groups in total. The number of aromatic nitrogens is 1. The zero-order chi connectivity index (χ0) is 9.97. The smallest absolute Gasteiger partial charge is 0.208 e. The number of nitrogens with zero attached hydrogens (tertiary/aromatic N) is 2. The van der Waals surface area contributed by atoms with Crippen LogP contribution in [0.4, 0.5) is 0 Å². The van der Waals surface area contributed by atoms with E-state index in [9.17, 15) is 0 Å². The van der Waals surface area contributed by atoms with E-state index in [0.717, 1.165) is 44.1 Å². The fraction of sp³-hybridized carbons (Fsp3) is 0.700. The van der Waals surface area contributed by atoms with Gasteiger partial charge in [0.25, 0.3) is 0 Å². The van der Waals surface area contributed by atoms with E-state index >= 15 is 0 Å². The first-order chi connectivity index (χ1) is 6.74. The van der Waals surface area contributed by atoms with Gasteiger partial charge in [-0.05, 0) is 19.8 Å². The van der Waals surface area contributed by atoms with Gasteiger partial charge in [-0.25, -0.2) is 4.98 Å². The van der Waals surface area contributed by atoms with Crippen LogP contribution in [0.25, 0.3) is 0 Å².